The lowest BCUT2D eigenvalue weighted by Gasteiger charge is -2.26. The van der Waals surface area contributed by atoms with Crippen molar-refractivity contribution in [3.63, 3.8) is 0 Å². The summed E-state index contributed by atoms with van der Waals surface area (Å²) in [4.78, 5) is 33.2. The van der Waals surface area contributed by atoms with E-state index in [1.54, 1.807) is 43.2 Å². The summed E-state index contributed by atoms with van der Waals surface area (Å²) in [5.74, 6) is -1.47. The molecule has 0 aliphatic carbocycles. The zero-order chi connectivity index (χ0) is 20.6. The van der Waals surface area contributed by atoms with Gasteiger partial charge >= 0.3 is 0 Å². The largest absolute Gasteiger partial charge is 0.507 e. The maximum atomic E-state index is 12.9. The first-order chi connectivity index (χ1) is 13.2. The van der Waals surface area contributed by atoms with E-state index >= 15 is 0 Å². The topological polar surface area (TPSA) is 91.6 Å². The zero-order valence-electron chi connectivity index (χ0n) is 16.8. The van der Waals surface area contributed by atoms with Gasteiger partial charge in [0.15, 0.2) is 0 Å². The number of likely N-dealkylation sites (tertiary alicyclic amines) is 1. The van der Waals surface area contributed by atoms with E-state index in [2.05, 4.69) is 10.1 Å². The molecule has 0 spiro atoms. The number of aryl methyl sites for hydroxylation is 2. The van der Waals surface area contributed by atoms with E-state index < -0.39 is 17.7 Å². The Morgan fingerprint density at radius 2 is 1.86 bits per heavy atom. The molecule has 0 unspecified atom stereocenters. The second-order valence-electron chi connectivity index (χ2n) is 7.25. The van der Waals surface area contributed by atoms with Gasteiger partial charge in [-0.2, -0.15) is 5.10 Å². The van der Waals surface area contributed by atoms with Crippen LogP contribution in [0.1, 0.15) is 28.6 Å². The van der Waals surface area contributed by atoms with Gasteiger partial charge in [-0.15, -0.1) is 0 Å². The number of aromatic nitrogens is 3. The Hall–Kier alpha value is -3.00. The van der Waals surface area contributed by atoms with Gasteiger partial charge in [-0.3, -0.25) is 19.3 Å². The molecular weight excluding hydrogens is 358 g/mol. The molecule has 1 N–H and O–H groups in total. The molecule has 1 atom stereocenters. The highest BCUT2D eigenvalue weighted by atomic mass is 16.3. The molecule has 148 valence electrons. The summed E-state index contributed by atoms with van der Waals surface area (Å²) in [5, 5.41) is 15.4. The number of aliphatic hydroxyl groups excluding tert-OH is 1. The number of amides is 1. The molecule has 0 radical (unpaired) electrons. The molecule has 1 fully saturated rings. The van der Waals surface area contributed by atoms with Gasteiger partial charge in [0.1, 0.15) is 5.76 Å². The van der Waals surface area contributed by atoms with Crippen molar-refractivity contribution in [2.45, 2.75) is 19.9 Å². The predicted octanol–water partition coefficient (Wildman–Crippen LogP) is 1.42. The van der Waals surface area contributed by atoms with Crippen LogP contribution in [0, 0.1) is 13.8 Å². The summed E-state index contributed by atoms with van der Waals surface area (Å²) in [5.41, 5.74) is 2.64. The number of nitrogens with zero attached hydrogens (tertiary/aromatic N) is 5. The van der Waals surface area contributed by atoms with E-state index in [0.29, 0.717) is 24.3 Å². The van der Waals surface area contributed by atoms with Crippen LogP contribution in [0.5, 0.6) is 0 Å². The molecular formula is C20H25N5O3. The fourth-order valence-corrected chi connectivity index (χ4v) is 3.56. The van der Waals surface area contributed by atoms with Crippen molar-refractivity contribution in [3.05, 3.63) is 52.6 Å². The summed E-state index contributed by atoms with van der Waals surface area (Å²) < 4.78 is 1.65. The van der Waals surface area contributed by atoms with Crippen LogP contribution in [-0.2, 0) is 16.6 Å². The molecule has 28 heavy (non-hydrogen) atoms. The van der Waals surface area contributed by atoms with Crippen LogP contribution in [0.25, 0.3) is 5.76 Å². The SMILES string of the molecule is Cc1nn(C)c(C)c1C(O)=C1C(=O)C(=O)N(CCN(C)C)[C@H]1c1ccncc1. The molecule has 1 saturated heterocycles. The number of ketones is 1. The second-order valence-corrected chi connectivity index (χ2v) is 7.25. The van der Waals surface area contributed by atoms with E-state index in [1.807, 2.05) is 25.9 Å². The highest BCUT2D eigenvalue weighted by Gasteiger charge is 2.46. The number of hydrogen-bond acceptors (Lipinski definition) is 6. The minimum Gasteiger partial charge on any atom is -0.507 e. The zero-order valence-corrected chi connectivity index (χ0v) is 16.8. The molecule has 0 saturated carbocycles. The number of carbonyl (C=O) groups is 2. The molecule has 2 aromatic rings. The molecule has 8 heteroatoms. The average molecular weight is 383 g/mol. The van der Waals surface area contributed by atoms with Crippen LogP contribution in [0.15, 0.2) is 30.1 Å². The van der Waals surface area contributed by atoms with Gasteiger partial charge in [-0.25, -0.2) is 0 Å². The highest BCUT2D eigenvalue weighted by molar-refractivity contribution is 6.46. The number of hydrogen-bond donors (Lipinski definition) is 1. The van der Waals surface area contributed by atoms with Gasteiger partial charge in [0.05, 0.1) is 22.9 Å². The summed E-state index contributed by atoms with van der Waals surface area (Å²) >= 11 is 0. The number of Topliss-reactive ketones (excluding diaryl/α,β-unsaturated/α-hetero) is 1. The van der Waals surface area contributed by atoms with Crippen molar-refractivity contribution < 1.29 is 14.7 Å². The number of likely N-dealkylation sites (N-methyl/N-ethyl adjacent to an activating group) is 1. The summed E-state index contributed by atoms with van der Waals surface area (Å²) in [6, 6.07) is 2.85. The predicted molar refractivity (Wildman–Crippen MR) is 104 cm³/mol. The average Bonchev–Trinajstić information content (AvgIpc) is 3.06. The van der Waals surface area contributed by atoms with Crippen molar-refractivity contribution in [3.8, 4) is 0 Å². The maximum absolute atomic E-state index is 12.9. The monoisotopic (exact) mass is 383 g/mol. The van der Waals surface area contributed by atoms with Crippen LogP contribution in [0.3, 0.4) is 0 Å². The first kappa shape index (κ1) is 19.8. The van der Waals surface area contributed by atoms with Crippen LogP contribution in [-0.4, -0.2) is 68.5 Å². The Morgan fingerprint density at radius 1 is 1.21 bits per heavy atom. The van der Waals surface area contributed by atoms with Gasteiger partial charge in [0.25, 0.3) is 11.7 Å². The molecule has 3 rings (SSSR count). The Labute approximate surface area is 164 Å². The first-order valence-corrected chi connectivity index (χ1v) is 9.07. The fourth-order valence-electron chi connectivity index (χ4n) is 3.56. The minimum atomic E-state index is -0.680. The van der Waals surface area contributed by atoms with Crippen molar-refractivity contribution in [1.29, 1.82) is 0 Å². The quantitative estimate of drug-likeness (QED) is 0.477. The third kappa shape index (κ3) is 3.31. The molecule has 1 aliphatic rings. The lowest BCUT2D eigenvalue weighted by atomic mass is 9.95. The van der Waals surface area contributed by atoms with Gasteiger partial charge in [-0.05, 0) is 45.6 Å². The molecule has 8 nitrogen and oxygen atoms in total. The van der Waals surface area contributed by atoms with E-state index in [9.17, 15) is 14.7 Å². The Bertz CT molecular complexity index is 946. The highest BCUT2D eigenvalue weighted by Crippen LogP contribution is 2.39. The van der Waals surface area contributed by atoms with Gasteiger partial charge < -0.3 is 14.9 Å². The lowest BCUT2D eigenvalue weighted by Crippen LogP contribution is -2.35. The van der Waals surface area contributed by atoms with E-state index in [0.717, 1.165) is 11.3 Å². The van der Waals surface area contributed by atoms with Gasteiger partial charge in [0.2, 0.25) is 0 Å². The van der Waals surface area contributed by atoms with Crippen molar-refractivity contribution >= 4 is 17.4 Å². The van der Waals surface area contributed by atoms with Crippen LogP contribution >= 0.6 is 0 Å². The van der Waals surface area contributed by atoms with Crippen molar-refractivity contribution in [2.75, 3.05) is 27.2 Å². The summed E-state index contributed by atoms with van der Waals surface area (Å²) in [6.45, 7) is 4.55. The molecule has 1 aliphatic heterocycles. The minimum absolute atomic E-state index is 0.0918. The molecule has 3 heterocycles. The summed E-state index contributed by atoms with van der Waals surface area (Å²) in [6.07, 6.45) is 3.23. The Kier molecular flexibility index (Phi) is 5.33. The Balaban J connectivity index is 2.19. The Morgan fingerprint density at radius 3 is 2.39 bits per heavy atom. The van der Waals surface area contributed by atoms with Crippen LogP contribution in [0.2, 0.25) is 0 Å². The molecule has 0 bridgehead atoms. The third-order valence-corrected chi connectivity index (χ3v) is 5.10. The normalized spacial score (nSPS) is 19.1. The number of carbonyl (C=O) groups excluding carboxylic acids is 2. The van der Waals surface area contributed by atoms with Gasteiger partial charge in [-0.1, -0.05) is 0 Å². The second kappa shape index (κ2) is 7.55. The van der Waals surface area contributed by atoms with Crippen LogP contribution < -0.4 is 0 Å². The first-order valence-electron chi connectivity index (χ1n) is 9.07. The maximum Gasteiger partial charge on any atom is 0.295 e. The van der Waals surface area contributed by atoms with E-state index in [-0.39, 0.29) is 11.3 Å². The van der Waals surface area contributed by atoms with E-state index in [4.69, 9.17) is 0 Å². The lowest BCUT2D eigenvalue weighted by molar-refractivity contribution is -0.140. The van der Waals surface area contributed by atoms with Crippen molar-refractivity contribution in [1.82, 2.24) is 24.6 Å². The summed E-state index contributed by atoms with van der Waals surface area (Å²) in [7, 11) is 5.58. The smallest absolute Gasteiger partial charge is 0.295 e. The number of aliphatic hydroxyl groups is 1. The number of rotatable bonds is 5. The van der Waals surface area contributed by atoms with Gasteiger partial charge in [0, 0.05) is 38.2 Å². The fraction of sp³-hybridized carbons (Fsp3) is 0.400. The van der Waals surface area contributed by atoms with Crippen LogP contribution in [0.4, 0.5) is 0 Å². The number of pyridine rings is 1. The standard InChI is InChI=1S/C20H25N5O3/c1-12-15(13(2)24(5)22-12)18(26)16-17(14-6-8-21-9-7-14)25(11-10-23(3)4)20(28)19(16)27/h6-9,17,26H,10-11H2,1-5H3/t17-/m0/s1. The molecule has 2 aromatic heterocycles. The third-order valence-electron chi connectivity index (χ3n) is 5.10. The van der Waals surface area contributed by atoms with E-state index in [1.165, 1.54) is 4.90 Å². The molecule has 0 aromatic carbocycles. The van der Waals surface area contributed by atoms with Crippen molar-refractivity contribution in [2.24, 2.45) is 7.05 Å². The molecule has 1 amide bonds.